The highest BCUT2D eigenvalue weighted by atomic mass is 32.1. The molecule has 2 aromatic heterocycles. The van der Waals surface area contributed by atoms with Crippen molar-refractivity contribution in [3.05, 3.63) is 46.2 Å². The van der Waals surface area contributed by atoms with Crippen LogP contribution in [0.4, 0.5) is 0 Å². The zero-order valence-corrected chi connectivity index (χ0v) is 14.2. The topological polar surface area (TPSA) is 58.1 Å². The number of nitrogens with one attached hydrogen (secondary N) is 1. The van der Waals surface area contributed by atoms with Crippen LogP contribution in [-0.4, -0.2) is 33.9 Å². The van der Waals surface area contributed by atoms with Gasteiger partial charge in [-0.15, -0.1) is 11.3 Å². The van der Waals surface area contributed by atoms with E-state index in [1.807, 2.05) is 12.1 Å². The molecule has 0 radical (unpaired) electrons. The third-order valence-corrected chi connectivity index (χ3v) is 5.03. The Kier molecular flexibility index (Phi) is 5.35. The standard InChI is InChI=1S/C17H22N4OS/c1-2-14-12-23-15(20-14)11-19-17(22)16(21-8-3-4-9-21)13-6-5-7-18-10-13/h5-7,10,12,16H,2-4,8-9,11H2,1H3,(H,19,22). The van der Waals surface area contributed by atoms with Gasteiger partial charge in [0.05, 0.1) is 12.2 Å². The first-order chi connectivity index (χ1) is 11.3. The molecule has 1 atom stereocenters. The summed E-state index contributed by atoms with van der Waals surface area (Å²) < 4.78 is 0. The first kappa shape index (κ1) is 16.1. The van der Waals surface area contributed by atoms with E-state index in [1.165, 1.54) is 0 Å². The van der Waals surface area contributed by atoms with Crippen LogP contribution >= 0.6 is 11.3 Å². The Morgan fingerprint density at radius 3 is 2.91 bits per heavy atom. The number of carbonyl (C=O) groups is 1. The molecule has 122 valence electrons. The van der Waals surface area contributed by atoms with Crippen molar-refractivity contribution in [2.45, 2.75) is 38.8 Å². The third kappa shape index (κ3) is 3.95. The van der Waals surface area contributed by atoms with E-state index in [1.54, 1.807) is 23.7 Å². The highest BCUT2D eigenvalue weighted by Crippen LogP contribution is 2.25. The highest BCUT2D eigenvalue weighted by Gasteiger charge is 2.29. The lowest BCUT2D eigenvalue weighted by Gasteiger charge is -2.26. The predicted molar refractivity (Wildman–Crippen MR) is 91.1 cm³/mol. The molecule has 0 bridgehead atoms. The molecular weight excluding hydrogens is 308 g/mol. The van der Waals surface area contributed by atoms with Crippen LogP contribution in [0, 0.1) is 0 Å². The van der Waals surface area contributed by atoms with E-state index in [0.717, 1.165) is 48.6 Å². The summed E-state index contributed by atoms with van der Waals surface area (Å²) in [5, 5.41) is 6.07. The number of thiazole rings is 1. The van der Waals surface area contributed by atoms with Crippen LogP contribution in [0.1, 0.15) is 42.1 Å². The van der Waals surface area contributed by atoms with Crippen molar-refractivity contribution >= 4 is 17.2 Å². The second kappa shape index (κ2) is 7.66. The van der Waals surface area contributed by atoms with Crippen LogP contribution in [0.2, 0.25) is 0 Å². The Morgan fingerprint density at radius 2 is 2.26 bits per heavy atom. The van der Waals surface area contributed by atoms with Gasteiger partial charge < -0.3 is 5.32 Å². The maximum atomic E-state index is 12.8. The number of hydrogen-bond donors (Lipinski definition) is 1. The fourth-order valence-corrected chi connectivity index (χ4v) is 3.73. The van der Waals surface area contributed by atoms with E-state index in [2.05, 4.69) is 32.5 Å². The maximum absolute atomic E-state index is 12.8. The molecular formula is C17H22N4OS. The molecule has 0 aliphatic carbocycles. The van der Waals surface area contributed by atoms with Gasteiger partial charge in [-0.2, -0.15) is 0 Å². The minimum absolute atomic E-state index is 0.0353. The molecule has 3 rings (SSSR count). The van der Waals surface area contributed by atoms with Crippen molar-refractivity contribution in [1.82, 2.24) is 20.2 Å². The molecule has 0 spiro atoms. The van der Waals surface area contributed by atoms with E-state index in [9.17, 15) is 4.79 Å². The number of aromatic nitrogens is 2. The molecule has 5 nitrogen and oxygen atoms in total. The van der Waals surface area contributed by atoms with Gasteiger partial charge in [-0.25, -0.2) is 4.98 Å². The number of hydrogen-bond acceptors (Lipinski definition) is 5. The van der Waals surface area contributed by atoms with Crippen LogP contribution in [-0.2, 0) is 17.8 Å². The molecule has 1 amide bonds. The second-order valence-electron chi connectivity index (χ2n) is 5.74. The Morgan fingerprint density at radius 1 is 1.43 bits per heavy atom. The van der Waals surface area contributed by atoms with Crippen LogP contribution < -0.4 is 5.32 Å². The largest absolute Gasteiger partial charge is 0.348 e. The summed E-state index contributed by atoms with van der Waals surface area (Å²) in [6, 6.07) is 3.62. The third-order valence-electron chi connectivity index (χ3n) is 4.13. The Balaban J connectivity index is 1.69. The summed E-state index contributed by atoms with van der Waals surface area (Å²) in [6.45, 7) is 4.51. The molecule has 1 unspecified atom stereocenters. The SMILES string of the molecule is CCc1csc(CNC(=O)C(c2cccnc2)N2CCCC2)n1. The first-order valence-corrected chi connectivity index (χ1v) is 9.01. The molecule has 2 aromatic rings. The average molecular weight is 330 g/mol. The van der Waals surface area contributed by atoms with Gasteiger partial charge in [-0.3, -0.25) is 14.7 Å². The quantitative estimate of drug-likeness (QED) is 0.884. The van der Waals surface area contributed by atoms with E-state index < -0.39 is 0 Å². The number of amides is 1. The maximum Gasteiger partial charge on any atom is 0.242 e. The van der Waals surface area contributed by atoms with E-state index in [-0.39, 0.29) is 11.9 Å². The Bertz CT molecular complexity index is 637. The molecule has 1 fully saturated rings. The first-order valence-electron chi connectivity index (χ1n) is 8.13. The molecule has 0 saturated carbocycles. The molecule has 3 heterocycles. The fraction of sp³-hybridized carbons (Fsp3) is 0.471. The monoisotopic (exact) mass is 330 g/mol. The minimum Gasteiger partial charge on any atom is -0.348 e. The molecule has 1 saturated heterocycles. The van der Waals surface area contributed by atoms with E-state index >= 15 is 0 Å². The van der Waals surface area contributed by atoms with Gasteiger partial charge in [0.1, 0.15) is 11.0 Å². The zero-order valence-electron chi connectivity index (χ0n) is 13.4. The molecule has 0 aromatic carbocycles. The molecule has 6 heteroatoms. The van der Waals surface area contributed by atoms with Gasteiger partial charge in [0, 0.05) is 17.8 Å². The molecule has 1 N–H and O–H groups in total. The van der Waals surface area contributed by atoms with Gasteiger partial charge in [0.2, 0.25) is 5.91 Å². The normalized spacial score (nSPS) is 16.4. The number of rotatable bonds is 6. The predicted octanol–water partition coefficient (Wildman–Crippen LogP) is 2.55. The van der Waals surface area contributed by atoms with Crippen molar-refractivity contribution in [3.63, 3.8) is 0 Å². The Labute approximate surface area is 140 Å². The summed E-state index contributed by atoms with van der Waals surface area (Å²) >= 11 is 1.60. The molecule has 23 heavy (non-hydrogen) atoms. The number of likely N-dealkylation sites (tertiary alicyclic amines) is 1. The number of nitrogens with zero attached hydrogens (tertiary/aromatic N) is 3. The summed E-state index contributed by atoms with van der Waals surface area (Å²) in [5.74, 6) is 0.0353. The number of pyridine rings is 1. The fourth-order valence-electron chi connectivity index (χ4n) is 2.92. The minimum atomic E-state index is -0.253. The van der Waals surface area contributed by atoms with Gasteiger partial charge in [-0.1, -0.05) is 13.0 Å². The molecule has 1 aliphatic heterocycles. The lowest BCUT2D eigenvalue weighted by atomic mass is 10.1. The van der Waals surface area contributed by atoms with Crippen molar-refractivity contribution in [2.24, 2.45) is 0 Å². The average Bonchev–Trinajstić information content (AvgIpc) is 3.26. The van der Waals surface area contributed by atoms with Crippen LogP contribution in [0.15, 0.2) is 29.9 Å². The summed E-state index contributed by atoms with van der Waals surface area (Å²) in [4.78, 5) is 23.7. The van der Waals surface area contributed by atoms with E-state index in [0.29, 0.717) is 6.54 Å². The van der Waals surface area contributed by atoms with E-state index in [4.69, 9.17) is 0 Å². The van der Waals surface area contributed by atoms with Gasteiger partial charge in [0.15, 0.2) is 0 Å². The summed E-state index contributed by atoms with van der Waals surface area (Å²) in [7, 11) is 0. The van der Waals surface area contributed by atoms with Crippen LogP contribution in [0.5, 0.6) is 0 Å². The second-order valence-corrected chi connectivity index (χ2v) is 6.68. The highest BCUT2D eigenvalue weighted by molar-refractivity contribution is 7.09. The lowest BCUT2D eigenvalue weighted by molar-refractivity contribution is -0.126. The van der Waals surface area contributed by atoms with Gasteiger partial charge >= 0.3 is 0 Å². The molecule has 1 aliphatic rings. The van der Waals surface area contributed by atoms with Crippen molar-refractivity contribution < 1.29 is 4.79 Å². The van der Waals surface area contributed by atoms with Crippen LogP contribution in [0.25, 0.3) is 0 Å². The Hall–Kier alpha value is -1.79. The number of aryl methyl sites for hydroxylation is 1. The lowest BCUT2D eigenvalue weighted by Crippen LogP contribution is -2.39. The van der Waals surface area contributed by atoms with Crippen molar-refractivity contribution in [2.75, 3.05) is 13.1 Å². The smallest absolute Gasteiger partial charge is 0.242 e. The van der Waals surface area contributed by atoms with Gasteiger partial charge in [-0.05, 0) is 44.0 Å². The zero-order chi connectivity index (χ0) is 16.1. The summed E-state index contributed by atoms with van der Waals surface area (Å²) in [5.41, 5.74) is 2.04. The van der Waals surface area contributed by atoms with Gasteiger partial charge in [0.25, 0.3) is 0 Å². The van der Waals surface area contributed by atoms with Crippen LogP contribution in [0.3, 0.4) is 0 Å². The summed E-state index contributed by atoms with van der Waals surface area (Å²) in [6.07, 6.45) is 6.76. The van der Waals surface area contributed by atoms with Crippen molar-refractivity contribution in [3.8, 4) is 0 Å². The number of carbonyl (C=O) groups excluding carboxylic acids is 1. The van der Waals surface area contributed by atoms with Crippen molar-refractivity contribution in [1.29, 1.82) is 0 Å².